The predicted molar refractivity (Wildman–Crippen MR) is 108 cm³/mol. The van der Waals surface area contributed by atoms with Crippen LogP contribution in [0.3, 0.4) is 0 Å². The molecule has 154 valence electrons. The number of rotatable bonds is 5. The third-order valence-corrected chi connectivity index (χ3v) is 6.77. The lowest BCUT2D eigenvalue weighted by atomic mass is 9.99. The number of benzene rings is 2. The molecule has 2 aromatic rings. The van der Waals surface area contributed by atoms with Gasteiger partial charge in [0.05, 0.1) is 10.5 Å². The molecule has 0 radical (unpaired) electrons. The average Bonchev–Trinajstić information content (AvgIpc) is 2.72. The largest absolute Gasteiger partial charge is 0.449 e. The van der Waals surface area contributed by atoms with Gasteiger partial charge in [0.2, 0.25) is 10.0 Å². The number of fused-ring (bicyclic) bond motifs is 1. The zero-order valence-corrected chi connectivity index (χ0v) is 17.5. The first-order valence-electron chi connectivity index (χ1n) is 9.29. The van der Waals surface area contributed by atoms with Gasteiger partial charge in [0.25, 0.3) is 5.91 Å². The molecule has 0 N–H and O–H groups in total. The van der Waals surface area contributed by atoms with Crippen LogP contribution in [-0.2, 0) is 32.5 Å². The van der Waals surface area contributed by atoms with Crippen molar-refractivity contribution in [2.45, 2.75) is 30.9 Å². The third kappa shape index (κ3) is 4.49. The van der Waals surface area contributed by atoms with Crippen LogP contribution in [0, 0.1) is 0 Å². The first-order chi connectivity index (χ1) is 13.7. The SMILES string of the molecule is C[C@@H](OC(=O)c1ccc(S(=O)(=O)N(C)C)cc1)C(=O)N1CCc2ccccc2C1. The minimum Gasteiger partial charge on any atom is -0.449 e. The van der Waals surface area contributed by atoms with Gasteiger partial charge in [-0.15, -0.1) is 0 Å². The molecule has 0 bridgehead atoms. The first kappa shape index (κ1) is 21.0. The summed E-state index contributed by atoms with van der Waals surface area (Å²) in [6.45, 7) is 2.62. The van der Waals surface area contributed by atoms with Crippen LogP contribution in [0.25, 0.3) is 0 Å². The molecule has 1 aliphatic rings. The van der Waals surface area contributed by atoms with Crippen molar-refractivity contribution in [2.24, 2.45) is 0 Å². The van der Waals surface area contributed by atoms with E-state index in [4.69, 9.17) is 4.74 Å². The fraction of sp³-hybridized carbons (Fsp3) is 0.333. The van der Waals surface area contributed by atoms with E-state index in [1.165, 1.54) is 43.9 Å². The van der Waals surface area contributed by atoms with Crippen molar-refractivity contribution in [3.63, 3.8) is 0 Å². The van der Waals surface area contributed by atoms with Crippen LogP contribution in [-0.4, -0.2) is 56.2 Å². The normalized spacial score (nSPS) is 15.0. The topological polar surface area (TPSA) is 84.0 Å². The molecule has 0 aliphatic carbocycles. The highest BCUT2D eigenvalue weighted by molar-refractivity contribution is 7.89. The van der Waals surface area contributed by atoms with Gasteiger partial charge in [0.15, 0.2) is 6.10 Å². The number of ether oxygens (including phenoxy) is 1. The van der Waals surface area contributed by atoms with Gasteiger partial charge in [-0.1, -0.05) is 24.3 Å². The molecule has 1 amide bonds. The van der Waals surface area contributed by atoms with E-state index in [9.17, 15) is 18.0 Å². The molecule has 0 aromatic heterocycles. The Morgan fingerprint density at radius 1 is 1.03 bits per heavy atom. The van der Waals surface area contributed by atoms with E-state index >= 15 is 0 Å². The molecule has 7 nitrogen and oxygen atoms in total. The molecular weight excluding hydrogens is 392 g/mol. The lowest BCUT2D eigenvalue weighted by Crippen LogP contribution is -2.42. The maximum atomic E-state index is 12.7. The number of sulfonamides is 1. The molecule has 0 spiro atoms. The number of esters is 1. The van der Waals surface area contributed by atoms with E-state index in [-0.39, 0.29) is 16.4 Å². The number of amides is 1. The van der Waals surface area contributed by atoms with Gasteiger partial charge < -0.3 is 9.64 Å². The maximum Gasteiger partial charge on any atom is 0.338 e. The van der Waals surface area contributed by atoms with E-state index in [1.807, 2.05) is 18.2 Å². The molecule has 0 saturated carbocycles. The van der Waals surface area contributed by atoms with Gasteiger partial charge in [-0.2, -0.15) is 0 Å². The first-order valence-corrected chi connectivity index (χ1v) is 10.7. The quantitative estimate of drug-likeness (QED) is 0.697. The number of hydrogen-bond donors (Lipinski definition) is 0. The molecule has 1 atom stereocenters. The minimum atomic E-state index is -3.57. The van der Waals surface area contributed by atoms with E-state index < -0.39 is 22.1 Å². The zero-order chi connectivity index (χ0) is 21.2. The fourth-order valence-corrected chi connectivity index (χ4v) is 4.10. The Morgan fingerprint density at radius 2 is 1.66 bits per heavy atom. The van der Waals surface area contributed by atoms with Crippen molar-refractivity contribution in [2.75, 3.05) is 20.6 Å². The monoisotopic (exact) mass is 416 g/mol. The highest BCUT2D eigenvalue weighted by Crippen LogP contribution is 2.20. The Kier molecular flexibility index (Phi) is 6.04. The fourth-order valence-electron chi connectivity index (χ4n) is 3.19. The molecule has 1 aliphatic heterocycles. The molecule has 2 aromatic carbocycles. The summed E-state index contributed by atoms with van der Waals surface area (Å²) in [4.78, 5) is 26.8. The van der Waals surface area contributed by atoms with Crippen molar-refractivity contribution < 1.29 is 22.7 Å². The van der Waals surface area contributed by atoms with Crippen LogP contribution in [0.5, 0.6) is 0 Å². The smallest absolute Gasteiger partial charge is 0.338 e. The highest BCUT2D eigenvalue weighted by atomic mass is 32.2. The standard InChI is InChI=1S/C21H24N2O5S/c1-15(20(24)23-13-12-16-6-4-5-7-18(16)14-23)28-21(25)17-8-10-19(11-9-17)29(26,27)22(2)3/h4-11,15H,12-14H2,1-3H3/t15-/m1/s1. The zero-order valence-electron chi connectivity index (χ0n) is 16.7. The van der Waals surface area contributed by atoms with Crippen LogP contribution in [0.15, 0.2) is 53.4 Å². The Labute approximate surface area is 170 Å². The van der Waals surface area contributed by atoms with Crippen LogP contribution in [0.4, 0.5) is 0 Å². The summed E-state index contributed by atoms with van der Waals surface area (Å²) >= 11 is 0. The van der Waals surface area contributed by atoms with Crippen LogP contribution in [0.2, 0.25) is 0 Å². The van der Waals surface area contributed by atoms with Crippen molar-refractivity contribution in [1.82, 2.24) is 9.21 Å². The van der Waals surface area contributed by atoms with Gasteiger partial charge in [-0.25, -0.2) is 17.5 Å². The Morgan fingerprint density at radius 3 is 2.28 bits per heavy atom. The van der Waals surface area contributed by atoms with Crippen molar-refractivity contribution in [1.29, 1.82) is 0 Å². The summed E-state index contributed by atoms with van der Waals surface area (Å²) in [5.41, 5.74) is 2.52. The average molecular weight is 416 g/mol. The van der Waals surface area contributed by atoms with E-state index in [1.54, 1.807) is 11.8 Å². The van der Waals surface area contributed by atoms with Crippen LogP contribution in [0.1, 0.15) is 28.4 Å². The number of nitrogens with zero attached hydrogens (tertiary/aromatic N) is 2. The second kappa shape index (κ2) is 8.34. The molecule has 8 heteroatoms. The molecule has 0 unspecified atom stereocenters. The Bertz CT molecular complexity index is 1020. The Balaban J connectivity index is 1.64. The summed E-state index contributed by atoms with van der Waals surface area (Å²) in [5.74, 6) is -0.920. The molecule has 0 fully saturated rings. The van der Waals surface area contributed by atoms with Crippen molar-refractivity contribution >= 4 is 21.9 Å². The van der Waals surface area contributed by atoms with Crippen molar-refractivity contribution in [3.8, 4) is 0 Å². The number of carbonyl (C=O) groups is 2. The summed E-state index contributed by atoms with van der Waals surface area (Å²) in [6.07, 6.45) is -0.164. The maximum absolute atomic E-state index is 12.7. The lowest BCUT2D eigenvalue weighted by molar-refractivity contribution is -0.140. The third-order valence-electron chi connectivity index (χ3n) is 4.94. The summed E-state index contributed by atoms with van der Waals surface area (Å²) < 4.78 is 30.6. The van der Waals surface area contributed by atoms with Gasteiger partial charge in [0.1, 0.15) is 0 Å². The second-order valence-electron chi connectivity index (χ2n) is 7.14. The minimum absolute atomic E-state index is 0.0788. The summed E-state index contributed by atoms with van der Waals surface area (Å²) in [5, 5.41) is 0. The predicted octanol–water partition coefficient (Wildman–Crippen LogP) is 2.07. The Hall–Kier alpha value is -2.71. The number of hydrogen-bond acceptors (Lipinski definition) is 5. The highest BCUT2D eigenvalue weighted by Gasteiger charge is 2.27. The number of carbonyl (C=O) groups excluding carboxylic acids is 2. The molecule has 1 heterocycles. The van der Waals surface area contributed by atoms with E-state index in [0.29, 0.717) is 13.1 Å². The molecule has 0 saturated heterocycles. The van der Waals surface area contributed by atoms with Crippen molar-refractivity contribution in [3.05, 3.63) is 65.2 Å². The summed E-state index contributed by atoms with van der Waals surface area (Å²) in [6, 6.07) is 13.4. The van der Waals surface area contributed by atoms with Gasteiger partial charge in [-0.05, 0) is 48.7 Å². The molecular formula is C21H24N2O5S. The van der Waals surface area contributed by atoms with Gasteiger partial charge >= 0.3 is 5.97 Å². The molecule has 3 rings (SSSR count). The van der Waals surface area contributed by atoms with E-state index in [0.717, 1.165) is 16.3 Å². The lowest BCUT2D eigenvalue weighted by Gasteiger charge is -2.30. The van der Waals surface area contributed by atoms with Crippen LogP contribution >= 0.6 is 0 Å². The van der Waals surface area contributed by atoms with E-state index in [2.05, 4.69) is 6.07 Å². The summed E-state index contributed by atoms with van der Waals surface area (Å²) in [7, 11) is -0.706. The molecule has 29 heavy (non-hydrogen) atoms. The van der Waals surface area contributed by atoms with Gasteiger partial charge in [0, 0.05) is 27.2 Å². The second-order valence-corrected chi connectivity index (χ2v) is 9.29. The van der Waals surface area contributed by atoms with Gasteiger partial charge in [-0.3, -0.25) is 4.79 Å². The van der Waals surface area contributed by atoms with Crippen LogP contribution < -0.4 is 0 Å².